The summed E-state index contributed by atoms with van der Waals surface area (Å²) in [4.78, 5) is 14.9. The van der Waals surface area contributed by atoms with Crippen molar-refractivity contribution in [2.75, 3.05) is 23.3 Å². The highest BCUT2D eigenvalue weighted by Gasteiger charge is 2.33. The molecule has 1 aromatic heterocycles. The molecule has 1 amide bonds. The van der Waals surface area contributed by atoms with Crippen LogP contribution in [0.5, 0.6) is 0 Å². The summed E-state index contributed by atoms with van der Waals surface area (Å²) >= 11 is 4.89. The predicted molar refractivity (Wildman–Crippen MR) is 108 cm³/mol. The second-order valence-electron chi connectivity index (χ2n) is 6.83. The molecule has 26 heavy (non-hydrogen) atoms. The summed E-state index contributed by atoms with van der Waals surface area (Å²) in [6.45, 7) is 4.02. The lowest BCUT2D eigenvalue weighted by Gasteiger charge is -2.18. The van der Waals surface area contributed by atoms with E-state index in [0.717, 1.165) is 34.4 Å². The monoisotopic (exact) mass is 435 g/mol. The molecule has 2 fully saturated rings. The lowest BCUT2D eigenvalue weighted by atomic mass is 10.3. The van der Waals surface area contributed by atoms with Crippen LogP contribution in [0.2, 0.25) is 0 Å². The molecule has 1 N–H and O–H groups in total. The van der Waals surface area contributed by atoms with Crippen LogP contribution in [0.15, 0.2) is 33.9 Å². The standard InChI is InChI=1S/C18H22BrN5OS/c1-12(16(25)20-14-6-4-13(19)5-7-14)26-18-22-21-17(23-10-2-3-11-23)24(18)15-8-9-15/h4-7,12,15H,2-3,8-11H2,1H3,(H,20,25). The van der Waals surface area contributed by atoms with Gasteiger partial charge < -0.3 is 10.2 Å². The molecule has 1 aromatic carbocycles. The maximum absolute atomic E-state index is 12.5. The highest BCUT2D eigenvalue weighted by Crippen LogP contribution is 2.42. The summed E-state index contributed by atoms with van der Waals surface area (Å²) in [5, 5.41) is 12.4. The molecule has 1 saturated heterocycles. The minimum Gasteiger partial charge on any atom is -0.341 e. The van der Waals surface area contributed by atoms with E-state index in [1.165, 1.54) is 37.4 Å². The molecule has 2 heterocycles. The van der Waals surface area contributed by atoms with Crippen LogP contribution in [0, 0.1) is 0 Å². The molecule has 2 aromatic rings. The highest BCUT2D eigenvalue weighted by atomic mass is 79.9. The fourth-order valence-electron chi connectivity index (χ4n) is 3.12. The molecule has 2 aliphatic rings. The predicted octanol–water partition coefficient (Wildman–Crippen LogP) is 4.10. The van der Waals surface area contributed by atoms with Gasteiger partial charge in [-0.1, -0.05) is 27.7 Å². The van der Waals surface area contributed by atoms with E-state index in [4.69, 9.17) is 0 Å². The van der Waals surface area contributed by atoms with Gasteiger partial charge in [-0.05, 0) is 56.9 Å². The Balaban J connectivity index is 1.46. The number of hydrogen-bond donors (Lipinski definition) is 1. The fraction of sp³-hybridized carbons (Fsp3) is 0.500. The smallest absolute Gasteiger partial charge is 0.237 e. The fourth-order valence-corrected chi connectivity index (χ4v) is 4.30. The van der Waals surface area contributed by atoms with Gasteiger partial charge in [0, 0.05) is 29.3 Å². The average molecular weight is 436 g/mol. The SMILES string of the molecule is CC(Sc1nnc(N2CCCC2)n1C1CC1)C(=O)Nc1ccc(Br)cc1. The van der Waals surface area contributed by atoms with Crippen molar-refractivity contribution in [3.05, 3.63) is 28.7 Å². The number of nitrogens with zero attached hydrogens (tertiary/aromatic N) is 4. The van der Waals surface area contributed by atoms with E-state index in [1.54, 1.807) is 0 Å². The van der Waals surface area contributed by atoms with E-state index in [-0.39, 0.29) is 11.2 Å². The number of thioether (sulfide) groups is 1. The van der Waals surface area contributed by atoms with E-state index in [9.17, 15) is 4.79 Å². The van der Waals surface area contributed by atoms with Crippen molar-refractivity contribution in [3.8, 4) is 0 Å². The number of hydrogen-bond acceptors (Lipinski definition) is 5. The van der Waals surface area contributed by atoms with Crippen molar-refractivity contribution in [2.45, 2.75) is 49.1 Å². The average Bonchev–Trinajstić information content (AvgIpc) is 3.16. The summed E-state index contributed by atoms with van der Waals surface area (Å²) in [5.74, 6) is 0.957. The summed E-state index contributed by atoms with van der Waals surface area (Å²) in [6, 6.07) is 8.10. The molecule has 1 atom stereocenters. The van der Waals surface area contributed by atoms with Crippen LogP contribution < -0.4 is 10.2 Å². The van der Waals surface area contributed by atoms with E-state index >= 15 is 0 Å². The zero-order chi connectivity index (χ0) is 18.1. The first-order valence-electron chi connectivity index (χ1n) is 9.05. The third-order valence-electron chi connectivity index (χ3n) is 4.71. The Hall–Kier alpha value is -1.54. The van der Waals surface area contributed by atoms with Crippen LogP contribution in [0.3, 0.4) is 0 Å². The maximum atomic E-state index is 12.5. The Morgan fingerprint density at radius 1 is 1.23 bits per heavy atom. The Morgan fingerprint density at radius 3 is 2.58 bits per heavy atom. The van der Waals surface area contributed by atoms with Gasteiger partial charge in [-0.25, -0.2) is 0 Å². The van der Waals surface area contributed by atoms with Gasteiger partial charge in [0.2, 0.25) is 11.9 Å². The Bertz CT molecular complexity index is 783. The molecule has 1 aliphatic heterocycles. The zero-order valence-electron chi connectivity index (χ0n) is 14.7. The first kappa shape index (κ1) is 17.9. The Kier molecular flexibility index (Phi) is 5.22. The van der Waals surface area contributed by atoms with Gasteiger partial charge in [0.1, 0.15) is 0 Å². The van der Waals surface area contributed by atoms with Crippen molar-refractivity contribution in [1.82, 2.24) is 14.8 Å². The molecule has 1 aliphatic carbocycles. The molecule has 0 spiro atoms. The number of benzene rings is 1. The van der Waals surface area contributed by atoms with Crippen LogP contribution in [0.1, 0.15) is 38.6 Å². The van der Waals surface area contributed by atoms with Gasteiger partial charge in [-0.3, -0.25) is 9.36 Å². The van der Waals surface area contributed by atoms with Crippen molar-refractivity contribution in [1.29, 1.82) is 0 Å². The number of nitrogens with one attached hydrogen (secondary N) is 1. The molecule has 0 radical (unpaired) electrons. The minimum atomic E-state index is -0.244. The normalized spacial score (nSPS) is 18.2. The quantitative estimate of drug-likeness (QED) is 0.691. The van der Waals surface area contributed by atoms with Gasteiger partial charge in [-0.15, -0.1) is 10.2 Å². The van der Waals surface area contributed by atoms with E-state index in [0.29, 0.717) is 6.04 Å². The molecular weight excluding hydrogens is 414 g/mol. The second-order valence-corrected chi connectivity index (χ2v) is 9.06. The van der Waals surface area contributed by atoms with Crippen LogP contribution in [-0.2, 0) is 4.79 Å². The van der Waals surface area contributed by atoms with Gasteiger partial charge >= 0.3 is 0 Å². The summed E-state index contributed by atoms with van der Waals surface area (Å²) in [7, 11) is 0. The Labute approximate surface area is 165 Å². The molecule has 0 bridgehead atoms. The number of rotatable bonds is 6. The molecule has 8 heteroatoms. The minimum absolute atomic E-state index is 0.0228. The third kappa shape index (κ3) is 3.91. The first-order chi connectivity index (χ1) is 12.6. The lowest BCUT2D eigenvalue weighted by molar-refractivity contribution is -0.115. The van der Waals surface area contributed by atoms with Gasteiger partial charge in [-0.2, -0.15) is 0 Å². The first-order valence-corrected chi connectivity index (χ1v) is 10.7. The van der Waals surface area contributed by atoms with Crippen molar-refractivity contribution >= 4 is 45.2 Å². The number of amides is 1. The number of halogens is 1. The molecule has 1 unspecified atom stereocenters. The van der Waals surface area contributed by atoms with Gasteiger partial charge in [0.05, 0.1) is 5.25 Å². The van der Waals surface area contributed by atoms with Crippen LogP contribution >= 0.6 is 27.7 Å². The summed E-state index contributed by atoms with van der Waals surface area (Å²) < 4.78 is 3.24. The van der Waals surface area contributed by atoms with Gasteiger partial charge in [0.15, 0.2) is 5.16 Å². The van der Waals surface area contributed by atoms with Gasteiger partial charge in [0.25, 0.3) is 0 Å². The third-order valence-corrected chi connectivity index (χ3v) is 6.30. The topological polar surface area (TPSA) is 63.1 Å². The van der Waals surface area contributed by atoms with Crippen molar-refractivity contribution in [2.24, 2.45) is 0 Å². The van der Waals surface area contributed by atoms with Crippen molar-refractivity contribution in [3.63, 3.8) is 0 Å². The number of aromatic nitrogens is 3. The summed E-state index contributed by atoms with van der Waals surface area (Å²) in [5.41, 5.74) is 0.798. The zero-order valence-corrected chi connectivity index (χ0v) is 17.1. The summed E-state index contributed by atoms with van der Waals surface area (Å²) in [6.07, 6.45) is 4.77. The molecule has 4 rings (SSSR count). The molecular formula is C18H22BrN5OS. The van der Waals surface area contributed by atoms with E-state index in [2.05, 4.69) is 40.9 Å². The number of anilines is 2. The van der Waals surface area contributed by atoms with E-state index in [1.807, 2.05) is 31.2 Å². The lowest BCUT2D eigenvalue weighted by Crippen LogP contribution is -2.24. The second kappa shape index (κ2) is 7.60. The highest BCUT2D eigenvalue weighted by molar-refractivity contribution is 9.10. The number of carbonyl (C=O) groups is 1. The van der Waals surface area contributed by atoms with Crippen LogP contribution in [0.4, 0.5) is 11.6 Å². The molecule has 6 nitrogen and oxygen atoms in total. The Morgan fingerprint density at radius 2 is 1.92 bits per heavy atom. The molecule has 138 valence electrons. The number of carbonyl (C=O) groups excluding carboxylic acids is 1. The maximum Gasteiger partial charge on any atom is 0.237 e. The van der Waals surface area contributed by atoms with Crippen molar-refractivity contribution < 1.29 is 4.79 Å². The molecule has 1 saturated carbocycles. The van der Waals surface area contributed by atoms with Crippen LogP contribution in [-0.4, -0.2) is 39.0 Å². The largest absolute Gasteiger partial charge is 0.341 e. The van der Waals surface area contributed by atoms with Crippen LogP contribution in [0.25, 0.3) is 0 Å². The van der Waals surface area contributed by atoms with E-state index < -0.39 is 0 Å².